The predicted octanol–water partition coefficient (Wildman–Crippen LogP) is 0.982. The third kappa shape index (κ3) is 5.62. The number of hydrogen-bond donors (Lipinski definition) is 2. The van der Waals surface area contributed by atoms with Gasteiger partial charge in [-0.2, -0.15) is 0 Å². The number of hydrogen-bond acceptors (Lipinski definition) is 5. The normalized spacial score (nSPS) is 13.3. The molecule has 0 aliphatic heterocycles. The van der Waals surface area contributed by atoms with E-state index in [1.54, 1.807) is 32.2 Å². The molecule has 0 saturated carbocycles. The first-order valence-electron chi connectivity index (χ1n) is 6.71. The van der Waals surface area contributed by atoms with Crippen LogP contribution in [0.15, 0.2) is 11.2 Å². The van der Waals surface area contributed by atoms with E-state index in [0.717, 1.165) is 11.4 Å². The van der Waals surface area contributed by atoms with Crippen LogP contribution in [-0.2, 0) is 16.3 Å². The van der Waals surface area contributed by atoms with Crippen LogP contribution in [0.25, 0.3) is 0 Å². The summed E-state index contributed by atoms with van der Waals surface area (Å²) in [5, 5.41) is 7.29. The van der Waals surface area contributed by atoms with Crippen molar-refractivity contribution in [3.8, 4) is 0 Å². The van der Waals surface area contributed by atoms with Gasteiger partial charge >= 0.3 is 0 Å². The Balaban J connectivity index is 2.43. The van der Waals surface area contributed by atoms with Crippen molar-refractivity contribution in [1.82, 2.24) is 15.6 Å². The number of aromatic nitrogens is 1. The average Bonchev–Trinajstić information content (AvgIpc) is 2.78. The lowest BCUT2D eigenvalue weighted by Crippen LogP contribution is -2.48. The minimum atomic E-state index is -3.12. The maximum Gasteiger partial charge on any atom is 0.191 e. The molecule has 8 heteroatoms. The maximum absolute atomic E-state index is 11.6. The number of sulfone groups is 1. The van der Waals surface area contributed by atoms with Gasteiger partial charge in [-0.3, -0.25) is 4.99 Å². The van der Waals surface area contributed by atoms with Crippen LogP contribution in [0.4, 0.5) is 0 Å². The summed E-state index contributed by atoms with van der Waals surface area (Å²) >= 11 is 1.68. The van der Waals surface area contributed by atoms with Crippen LogP contribution in [0.1, 0.15) is 23.7 Å². The van der Waals surface area contributed by atoms with E-state index >= 15 is 0 Å². The van der Waals surface area contributed by atoms with Crippen molar-refractivity contribution in [3.63, 3.8) is 0 Å². The summed E-state index contributed by atoms with van der Waals surface area (Å²) in [6.07, 6.45) is 3.92. The van der Waals surface area contributed by atoms with Gasteiger partial charge in [-0.1, -0.05) is 0 Å². The number of guanidine groups is 1. The second-order valence-electron chi connectivity index (χ2n) is 5.50. The number of nitrogens with zero attached hydrogens (tertiary/aromatic N) is 2. The molecule has 1 rings (SSSR count). The Morgan fingerprint density at radius 2 is 2.10 bits per heavy atom. The summed E-state index contributed by atoms with van der Waals surface area (Å²) in [5.41, 5.74) is 0. The molecular formula is C13H24N4O2S2. The van der Waals surface area contributed by atoms with Gasteiger partial charge in [-0.05, 0) is 20.8 Å². The highest BCUT2D eigenvalue weighted by Crippen LogP contribution is 2.13. The molecule has 0 atom stereocenters. The molecule has 0 radical (unpaired) electrons. The standard InChI is InChI=1S/C13H24N4O2S2/c1-10-8-16-11(20-10)6-7-15-12(14-4)17-9-13(2,3)21(5,18)19/h8H,6-7,9H2,1-5H3,(H2,14,15,17). The molecule has 6 nitrogen and oxygen atoms in total. The minimum absolute atomic E-state index is 0.307. The van der Waals surface area contributed by atoms with Crippen LogP contribution in [0.3, 0.4) is 0 Å². The van der Waals surface area contributed by atoms with E-state index in [-0.39, 0.29) is 0 Å². The fourth-order valence-corrected chi connectivity index (χ4v) is 2.57. The van der Waals surface area contributed by atoms with Gasteiger partial charge in [-0.15, -0.1) is 11.3 Å². The van der Waals surface area contributed by atoms with Crippen LogP contribution in [0, 0.1) is 6.92 Å². The van der Waals surface area contributed by atoms with Crippen molar-refractivity contribution < 1.29 is 8.42 Å². The number of rotatable bonds is 6. The Morgan fingerprint density at radius 3 is 2.57 bits per heavy atom. The van der Waals surface area contributed by atoms with Gasteiger partial charge in [0.25, 0.3) is 0 Å². The van der Waals surface area contributed by atoms with E-state index in [1.165, 1.54) is 11.1 Å². The zero-order valence-electron chi connectivity index (χ0n) is 13.2. The molecule has 0 unspecified atom stereocenters. The molecule has 0 aliphatic rings. The fourth-order valence-electron chi connectivity index (χ4n) is 1.45. The third-order valence-corrected chi connectivity index (χ3v) is 6.33. The molecule has 2 N–H and O–H groups in total. The minimum Gasteiger partial charge on any atom is -0.356 e. The van der Waals surface area contributed by atoms with Gasteiger partial charge in [0.15, 0.2) is 15.8 Å². The van der Waals surface area contributed by atoms with Crippen molar-refractivity contribution in [2.75, 3.05) is 26.4 Å². The smallest absolute Gasteiger partial charge is 0.191 e. The Bertz CT molecular complexity index is 591. The van der Waals surface area contributed by atoms with E-state index in [2.05, 4.69) is 20.6 Å². The van der Waals surface area contributed by atoms with Crippen molar-refractivity contribution in [2.45, 2.75) is 31.9 Å². The van der Waals surface area contributed by atoms with Crippen LogP contribution in [0.5, 0.6) is 0 Å². The van der Waals surface area contributed by atoms with E-state index in [9.17, 15) is 8.42 Å². The molecule has 0 fully saturated rings. The SMILES string of the molecule is CN=C(NCCc1ncc(C)s1)NCC(C)(C)S(C)(=O)=O. The lowest BCUT2D eigenvalue weighted by atomic mass is 10.2. The second kappa shape index (κ2) is 7.22. The van der Waals surface area contributed by atoms with Gasteiger partial charge in [0.2, 0.25) is 0 Å². The van der Waals surface area contributed by atoms with Crippen LogP contribution < -0.4 is 10.6 Å². The molecule has 1 aromatic rings. The molecule has 120 valence electrons. The van der Waals surface area contributed by atoms with Crippen molar-refractivity contribution >= 4 is 27.1 Å². The van der Waals surface area contributed by atoms with Gasteiger partial charge in [-0.25, -0.2) is 13.4 Å². The predicted molar refractivity (Wildman–Crippen MR) is 88.8 cm³/mol. The van der Waals surface area contributed by atoms with Crippen molar-refractivity contribution in [3.05, 3.63) is 16.1 Å². The topological polar surface area (TPSA) is 83.4 Å². The van der Waals surface area contributed by atoms with Gasteiger partial charge in [0.05, 0.1) is 9.75 Å². The third-order valence-electron chi connectivity index (χ3n) is 3.21. The number of thiazole rings is 1. The molecule has 1 heterocycles. The second-order valence-corrected chi connectivity index (χ2v) is 9.47. The lowest BCUT2D eigenvalue weighted by molar-refractivity contribution is 0.544. The van der Waals surface area contributed by atoms with Crippen LogP contribution in [-0.4, -0.2) is 50.5 Å². The van der Waals surface area contributed by atoms with Crippen LogP contribution in [0.2, 0.25) is 0 Å². The Hall–Kier alpha value is -1.15. The van der Waals surface area contributed by atoms with Crippen LogP contribution >= 0.6 is 11.3 Å². The highest BCUT2D eigenvalue weighted by atomic mass is 32.2. The molecule has 0 aliphatic carbocycles. The highest BCUT2D eigenvalue weighted by Gasteiger charge is 2.30. The summed E-state index contributed by atoms with van der Waals surface area (Å²) in [6.45, 7) is 6.43. The van der Waals surface area contributed by atoms with Gasteiger partial charge in [0, 0.05) is 43.9 Å². The molecule has 1 aromatic heterocycles. The molecule has 21 heavy (non-hydrogen) atoms. The Labute approximate surface area is 131 Å². The molecule has 0 amide bonds. The Kier molecular flexibility index (Phi) is 6.15. The largest absolute Gasteiger partial charge is 0.356 e. The first kappa shape index (κ1) is 17.9. The summed E-state index contributed by atoms with van der Waals surface area (Å²) < 4.78 is 22.5. The van der Waals surface area contributed by atoms with E-state index in [1.807, 2.05) is 13.1 Å². The monoisotopic (exact) mass is 332 g/mol. The van der Waals surface area contributed by atoms with Crippen molar-refractivity contribution in [1.29, 1.82) is 0 Å². The lowest BCUT2D eigenvalue weighted by Gasteiger charge is -2.24. The fraction of sp³-hybridized carbons (Fsp3) is 0.692. The van der Waals surface area contributed by atoms with Gasteiger partial charge < -0.3 is 10.6 Å². The molecule has 0 aromatic carbocycles. The summed E-state index contributed by atoms with van der Waals surface area (Å²) in [7, 11) is -1.46. The summed E-state index contributed by atoms with van der Waals surface area (Å²) in [6, 6.07) is 0. The summed E-state index contributed by atoms with van der Waals surface area (Å²) in [5.74, 6) is 0.597. The zero-order chi connectivity index (χ0) is 16.1. The number of aliphatic imine (C=N–C) groups is 1. The molecule has 0 spiro atoms. The van der Waals surface area contributed by atoms with E-state index < -0.39 is 14.6 Å². The number of aryl methyl sites for hydroxylation is 1. The quantitative estimate of drug-likeness (QED) is 0.599. The first-order valence-corrected chi connectivity index (χ1v) is 9.42. The highest BCUT2D eigenvalue weighted by molar-refractivity contribution is 7.92. The zero-order valence-corrected chi connectivity index (χ0v) is 14.9. The molecule has 0 saturated heterocycles. The first-order chi connectivity index (χ1) is 9.65. The molecular weight excluding hydrogens is 308 g/mol. The van der Waals surface area contributed by atoms with E-state index in [4.69, 9.17) is 0 Å². The number of nitrogens with one attached hydrogen (secondary N) is 2. The summed E-state index contributed by atoms with van der Waals surface area (Å²) in [4.78, 5) is 9.58. The Morgan fingerprint density at radius 1 is 1.43 bits per heavy atom. The maximum atomic E-state index is 11.6. The van der Waals surface area contributed by atoms with Gasteiger partial charge in [0.1, 0.15) is 0 Å². The average molecular weight is 332 g/mol. The molecule has 0 bridgehead atoms. The van der Waals surface area contributed by atoms with E-state index in [0.29, 0.717) is 19.0 Å². The van der Waals surface area contributed by atoms with Crippen molar-refractivity contribution in [2.24, 2.45) is 4.99 Å².